The first-order valence-electron chi connectivity index (χ1n) is 7.23. The van der Waals surface area contributed by atoms with Gasteiger partial charge in [-0.2, -0.15) is 0 Å². The van der Waals surface area contributed by atoms with E-state index in [9.17, 15) is 13.5 Å². The highest BCUT2D eigenvalue weighted by Gasteiger charge is 2.39. The first kappa shape index (κ1) is 15.5. The maximum atomic E-state index is 12.3. The van der Waals surface area contributed by atoms with Gasteiger partial charge in [0, 0.05) is 24.0 Å². The Morgan fingerprint density at radius 1 is 1.50 bits per heavy atom. The highest BCUT2D eigenvalue weighted by atomic mass is 32.2. The van der Waals surface area contributed by atoms with Gasteiger partial charge >= 0.3 is 0 Å². The summed E-state index contributed by atoms with van der Waals surface area (Å²) in [5, 5.41) is 9.32. The lowest BCUT2D eigenvalue weighted by atomic mass is 10.2. The minimum atomic E-state index is -3.48. The third kappa shape index (κ3) is 3.24. The normalized spacial score (nSPS) is 22.4. The van der Waals surface area contributed by atoms with Gasteiger partial charge in [-0.25, -0.2) is 13.1 Å². The summed E-state index contributed by atoms with van der Waals surface area (Å²) >= 11 is 0. The second-order valence-electron chi connectivity index (χ2n) is 5.84. The summed E-state index contributed by atoms with van der Waals surface area (Å²) in [6, 6.07) is 1.76. The number of sulfonamides is 1. The number of aromatic nitrogens is 1. The fraction of sp³-hybridized carbons (Fsp3) is 0.714. The number of hydrogen-bond acceptors (Lipinski definition) is 3. The van der Waals surface area contributed by atoms with E-state index in [0.29, 0.717) is 11.6 Å². The Morgan fingerprint density at radius 3 is 2.70 bits per heavy atom. The van der Waals surface area contributed by atoms with E-state index in [1.165, 1.54) is 0 Å². The van der Waals surface area contributed by atoms with Crippen molar-refractivity contribution in [3.8, 4) is 0 Å². The zero-order valence-corrected chi connectivity index (χ0v) is 13.2. The van der Waals surface area contributed by atoms with Gasteiger partial charge in [-0.05, 0) is 38.7 Å². The van der Waals surface area contributed by atoms with Gasteiger partial charge in [-0.3, -0.25) is 0 Å². The molecule has 1 aromatic rings. The summed E-state index contributed by atoms with van der Waals surface area (Å²) in [7, 11) is -3.48. The highest BCUT2D eigenvalue weighted by Crippen LogP contribution is 2.35. The van der Waals surface area contributed by atoms with Crippen molar-refractivity contribution in [2.24, 2.45) is 5.92 Å². The van der Waals surface area contributed by atoms with Crippen LogP contribution in [0.5, 0.6) is 0 Å². The third-order valence-corrected chi connectivity index (χ3v) is 5.28. The fourth-order valence-corrected chi connectivity index (χ4v) is 3.97. The molecule has 0 radical (unpaired) electrons. The predicted octanol–water partition coefficient (Wildman–Crippen LogP) is 2.03. The number of nitrogens with zero attached hydrogens (tertiary/aromatic N) is 1. The predicted molar refractivity (Wildman–Crippen MR) is 77.9 cm³/mol. The van der Waals surface area contributed by atoms with Crippen molar-refractivity contribution in [1.82, 2.24) is 9.29 Å². The molecule has 5 nitrogen and oxygen atoms in total. The summed E-state index contributed by atoms with van der Waals surface area (Å²) in [5.74, 6) is 0.485. The Balaban J connectivity index is 2.14. The minimum absolute atomic E-state index is 0.0833. The summed E-state index contributed by atoms with van der Waals surface area (Å²) in [6.45, 7) is 5.87. The molecular weight excluding hydrogens is 276 g/mol. The standard InChI is InChI=1S/C14H24N2O3S/c1-4-5-11-6-14(11)15-20(18,19)13-7-12(9-17)16(8-13)10(2)3/h7-8,10-11,14-15,17H,4-6,9H2,1-3H3. The number of rotatable bonds is 7. The van der Waals surface area contributed by atoms with E-state index in [-0.39, 0.29) is 23.6 Å². The van der Waals surface area contributed by atoms with E-state index in [1.54, 1.807) is 16.8 Å². The van der Waals surface area contributed by atoms with E-state index >= 15 is 0 Å². The Bertz CT molecular complexity index is 563. The molecule has 0 aliphatic heterocycles. The summed E-state index contributed by atoms with van der Waals surface area (Å²) in [4.78, 5) is 0.248. The van der Waals surface area contributed by atoms with Crippen LogP contribution in [-0.4, -0.2) is 24.1 Å². The van der Waals surface area contributed by atoms with Crippen LogP contribution < -0.4 is 4.72 Å². The molecule has 0 saturated heterocycles. The van der Waals surface area contributed by atoms with Gasteiger partial charge in [0.2, 0.25) is 10.0 Å². The van der Waals surface area contributed by atoms with Gasteiger partial charge in [0.1, 0.15) is 0 Å². The van der Waals surface area contributed by atoms with Crippen LogP contribution in [-0.2, 0) is 16.6 Å². The van der Waals surface area contributed by atoms with Gasteiger partial charge < -0.3 is 9.67 Å². The lowest BCUT2D eigenvalue weighted by Gasteiger charge is -2.10. The van der Waals surface area contributed by atoms with Crippen LogP contribution in [0.25, 0.3) is 0 Å². The zero-order chi connectivity index (χ0) is 14.9. The van der Waals surface area contributed by atoms with Gasteiger partial charge in [0.05, 0.1) is 11.5 Å². The Morgan fingerprint density at radius 2 is 2.20 bits per heavy atom. The van der Waals surface area contributed by atoms with E-state index in [2.05, 4.69) is 11.6 Å². The summed E-state index contributed by atoms with van der Waals surface area (Å²) in [6.07, 6.45) is 4.70. The molecule has 2 unspecified atom stereocenters. The molecular formula is C14H24N2O3S. The van der Waals surface area contributed by atoms with Gasteiger partial charge in [-0.1, -0.05) is 13.3 Å². The van der Waals surface area contributed by atoms with Crippen LogP contribution in [0.1, 0.15) is 51.8 Å². The lowest BCUT2D eigenvalue weighted by molar-refractivity contribution is 0.268. The third-order valence-electron chi connectivity index (χ3n) is 3.82. The second kappa shape index (κ2) is 5.87. The average molecular weight is 300 g/mol. The SMILES string of the molecule is CCCC1CC1NS(=O)(=O)c1cc(CO)n(C(C)C)c1. The fourth-order valence-electron chi connectivity index (χ4n) is 2.60. The molecule has 0 spiro atoms. The van der Waals surface area contributed by atoms with E-state index in [0.717, 1.165) is 19.3 Å². The maximum Gasteiger partial charge on any atom is 0.242 e. The van der Waals surface area contributed by atoms with Crippen molar-refractivity contribution in [2.45, 2.75) is 63.6 Å². The molecule has 1 aromatic heterocycles. The molecule has 1 saturated carbocycles. The van der Waals surface area contributed by atoms with Crippen LogP contribution in [0.4, 0.5) is 0 Å². The minimum Gasteiger partial charge on any atom is -0.390 e. The monoisotopic (exact) mass is 300 g/mol. The molecule has 2 N–H and O–H groups in total. The molecule has 2 rings (SSSR count). The molecule has 1 heterocycles. The summed E-state index contributed by atoms with van der Waals surface area (Å²) in [5.41, 5.74) is 0.626. The topological polar surface area (TPSA) is 71.3 Å². The quantitative estimate of drug-likeness (QED) is 0.809. The van der Waals surface area contributed by atoms with Crippen molar-refractivity contribution in [3.05, 3.63) is 18.0 Å². The van der Waals surface area contributed by atoms with Crippen molar-refractivity contribution in [1.29, 1.82) is 0 Å². The molecule has 1 aliphatic carbocycles. The van der Waals surface area contributed by atoms with Crippen LogP contribution in [0.3, 0.4) is 0 Å². The molecule has 1 fully saturated rings. The van der Waals surface area contributed by atoms with E-state index in [4.69, 9.17) is 0 Å². The number of aliphatic hydroxyl groups is 1. The van der Waals surface area contributed by atoms with Crippen molar-refractivity contribution in [3.63, 3.8) is 0 Å². The first-order valence-corrected chi connectivity index (χ1v) is 8.71. The van der Waals surface area contributed by atoms with Gasteiger partial charge in [-0.15, -0.1) is 0 Å². The molecule has 1 aliphatic rings. The van der Waals surface area contributed by atoms with Crippen LogP contribution >= 0.6 is 0 Å². The highest BCUT2D eigenvalue weighted by molar-refractivity contribution is 7.89. The Hall–Kier alpha value is -0.850. The van der Waals surface area contributed by atoms with Crippen LogP contribution in [0.15, 0.2) is 17.2 Å². The van der Waals surface area contributed by atoms with Crippen molar-refractivity contribution >= 4 is 10.0 Å². The lowest BCUT2D eigenvalue weighted by Crippen LogP contribution is -2.26. The molecule has 0 aromatic carbocycles. The number of hydrogen-bond donors (Lipinski definition) is 2. The molecule has 2 atom stereocenters. The van der Waals surface area contributed by atoms with Crippen molar-refractivity contribution in [2.75, 3.05) is 0 Å². The Labute approximate surface area is 121 Å². The van der Waals surface area contributed by atoms with Crippen molar-refractivity contribution < 1.29 is 13.5 Å². The first-order chi connectivity index (χ1) is 9.39. The van der Waals surface area contributed by atoms with E-state index in [1.807, 2.05) is 13.8 Å². The van der Waals surface area contributed by atoms with Crippen LogP contribution in [0.2, 0.25) is 0 Å². The average Bonchev–Trinajstić information content (AvgIpc) is 2.94. The molecule has 20 heavy (non-hydrogen) atoms. The smallest absolute Gasteiger partial charge is 0.242 e. The summed E-state index contributed by atoms with van der Waals surface area (Å²) < 4.78 is 29.2. The molecule has 114 valence electrons. The maximum absolute atomic E-state index is 12.3. The van der Waals surface area contributed by atoms with E-state index < -0.39 is 10.0 Å². The Kier molecular flexibility index (Phi) is 4.56. The largest absolute Gasteiger partial charge is 0.390 e. The molecule has 0 bridgehead atoms. The number of nitrogens with one attached hydrogen (secondary N) is 1. The van der Waals surface area contributed by atoms with Gasteiger partial charge in [0.25, 0.3) is 0 Å². The molecule has 6 heteroatoms. The van der Waals surface area contributed by atoms with Crippen LogP contribution in [0, 0.1) is 5.92 Å². The van der Waals surface area contributed by atoms with Gasteiger partial charge in [0.15, 0.2) is 0 Å². The number of aliphatic hydroxyl groups excluding tert-OH is 1. The second-order valence-corrected chi connectivity index (χ2v) is 7.55. The zero-order valence-electron chi connectivity index (χ0n) is 12.3. The molecule has 0 amide bonds.